The Morgan fingerprint density at radius 3 is 1.27 bits per heavy atom. The van der Waals surface area contributed by atoms with Gasteiger partial charge in [-0.1, -0.05) is 57.8 Å². The number of rotatable bonds is 7. The summed E-state index contributed by atoms with van der Waals surface area (Å²) < 4.78 is 38.4. The van der Waals surface area contributed by atoms with Crippen LogP contribution >= 0.6 is 11.6 Å². The number of hydrazine groups is 2. The maximum absolute atomic E-state index is 14.2. The molecule has 3 aromatic carbocycles. The molecule has 656 valence electrons. The summed E-state index contributed by atoms with van der Waals surface area (Å²) in [5.74, 6) is 0.912. The van der Waals surface area contributed by atoms with Crippen molar-refractivity contribution >= 4 is 139 Å². The molecule has 3 saturated carbocycles. The number of imide groups is 1. The van der Waals surface area contributed by atoms with E-state index in [0.717, 1.165) is 103 Å². The topological polar surface area (TPSA) is 395 Å². The Bertz CT molecular complexity index is 5500. The van der Waals surface area contributed by atoms with Gasteiger partial charge in [-0.25, -0.2) is 29.3 Å². The predicted octanol–water partition coefficient (Wildman–Crippen LogP) is 12.9. The summed E-state index contributed by atoms with van der Waals surface area (Å²) in [6, 6.07) is 27.1. The quantitative estimate of drug-likeness (QED) is 0.0562. The Labute approximate surface area is 722 Å². The Morgan fingerprint density at radius 2 is 0.815 bits per heavy atom. The molecular weight excluding hydrogens is 1610 g/mol. The summed E-state index contributed by atoms with van der Waals surface area (Å²) in [6.07, 6.45) is 15.0. The van der Waals surface area contributed by atoms with Gasteiger partial charge in [-0.05, 0) is 203 Å². The van der Waals surface area contributed by atoms with Crippen LogP contribution in [0.15, 0.2) is 110 Å². The molecule has 9 amide bonds. The first kappa shape index (κ1) is 86.8. The molecule has 9 aliphatic rings. The van der Waals surface area contributed by atoms with Gasteiger partial charge in [0.1, 0.15) is 62.0 Å². The van der Waals surface area contributed by atoms with E-state index in [-0.39, 0.29) is 40.6 Å². The molecule has 35 nitrogen and oxygen atoms in total. The van der Waals surface area contributed by atoms with Crippen molar-refractivity contribution in [2.24, 2.45) is 0 Å². The lowest BCUT2D eigenvalue weighted by Crippen LogP contribution is -2.66. The van der Waals surface area contributed by atoms with Crippen LogP contribution in [0, 0.1) is 0 Å². The SMILES string of the molecule is CC(C)(C)OC(=O)N1C(=O)C2(CCCCC2)n2c(cc3cnc(Cl)nc32)N1C(=O)OC(C)(C)C.CC(C)(C)OC(=O)N1NC(=O)C2(CCCCC2)n2c1cc1cnc(Nc3ccc(C(=O)N4CCOCC4)cc3)nc12.Nc1ccc(C(=O)N2CCOCC2)cc1.O=C(c1ccc(Nc2ncc3cc4n(c3n2)C2(CCCCC2)C(=O)NC4)cc1)N1CCOCC1. The van der Waals surface area contributed by atoms with Crippen LogP contribution < -0.4 is 37.1 Å². The van der Waals surface area contributed by atoms with E-state index in [4.69, 9.17) is 55.7 Å². The number of hydrogen-bond acceptors (Lipinski definition) is 24. The van der Waals surface area contributed by atoms with Crippen molar-refractivity contribution in [1.29, 1.82) is 0 Å². The van der Waals surface area contributed by atoms with Gasteiger partial charge in [0.15, 0.2) is 0 Å². The summed E-state index contributed by atoms with van der Waals surface area (Å²) in [5.41, 5.74) is 10.3. The highest BCUT2D eigenvalue weighted by Gasteiger charge is 2.57. The van der Waals surface area contributed by atoms with Crippen molar-refractivity contribution in [2.75, 3.05) is 105 Å². The zero-order chi connectivity index (χ0) is 87.6. The number of aromatic nitrogens is 9. The number of nitrogens with two attached hydrogens (primary N) is 1. The zero-order valence-corrected chi connectivity index (χ0v) is 72.2. The number of nitrogens with zero attached hydrogens (tertiary/aromatic N) is 15. The van der Waals surface area contributed by atoms with Gasteiger partial charge in [0.05, 0.1) is 46.2 Å². The van der Waals surface area contributed by atoms with Crippen molar-refractivity contribution in [1.82, 2.24) is 74.1 Å². The number of amides is 9. The van der Waals surface area contributed by atoms with Crippen LogP contribution in [0.3, 0.4) is 0 Å². The fourth-order valence-corrected chi connectivity index (χ4v) is 17.6. The summed E-state index contributed by atoms with van der Waals surface area (Å²) >= 11 is 6.11. The lowest BCUT2D eigenvalue weighted by Gasteiger charge is -2.48. The number of nitrogens with one attached hydrogen (secondary N) is 4. The molecular formula is C88H107ClN20O15. The van der Waals surface area contributed by atoms with Gasteiger partial charge in [0.2, 0.25) is 23.1 Å². The first-order chi connectivity index (χ1) is 59.3. The molecule has 36 heteroatoms. The minimum atomic E-state index is -1.12. The second-order valence-electron chi connectivity index (χ2n) is 35.4. The lowest BCUT2D eigenvalue weighted by atomic mass is 9.79. The van der Waals surface area contributed by atoms with Gasteiger partial charge in [0.25, 0.3) is 29.5 Å². The third kappa shape index (κ3) is 18.3. The van der Waals surface area contributed by atoms with Crippen LogP contribution in [0.2, 0.25) is 5.28 Å². The van der Waals surface area contributed by atoms with Crippen LogP contribution in [0.25, 0.3) is 33.1 Å². The van der Waals surface area contributed by atoms with E-state index in [0.29, 0.717) is 179 Å². The Kier molecular flexibility index (Phi) is 25.0. The highest BCUT2D eigenvalue weighted by Crippen LogP contribution is 2.49. The van der Waals surface area contributed by atoms with E-state index >= 15 is 0 Å². The smallest absolute Gasteiger partial charge is 0.437 e. The molecule has 6 aliphatic heterocycles. The normalized spacial score (nSPS) is 18.5. The van der Waals surface area contributed by atoms with Gasteiger partial charge in [-0.15, -0.1) is 5.01 Å². The van der Waals surface area contributed by atoms with Crippen molar-refractivity contribution < 1.29 is 71.6 Å². The first-order valence-electron chi connectivity index (χ1n) is 42.5. The summed E-state index contributed by atoms with van der Waals surface area (Å²) in [4.78, 5) is 151. The molecule has 3 saturated heterocycles. The van der Waals surface area contributed by atoms with E-state index in [2.05, 4.69) is 51.9 Å². The fourth-order valence-electron chi connectivity index (χ4n) is 17.4. The van der Waals surface area contributed by atoms with E-state index in [1.165, 1.54) is 11.2 Å². The second-order valence-corrected chi connectivity index (χ2v) is 35.7. The Hall–Kier alpha value is -12.1. The number of hydrogen-bond donors (Lipinski definition) is 5. The molecule has 124 heavy (non-hydrogen) atoms. The molecule has 6 N–H and O–H groups in total. The van der Waals surface area contributed by atoms with E-state index < -0.39 is 57.6 Å². The molecule has 0 unspecified atom stereocenters. The van der Waals surface area contributed by atoms with Gasteiger partial charge >= 0.3 is 18.3 Å². The van der Waals surface area contributed by atoms with Gasteiger partial charge in [-0.3, -0.25) is 43.3 Å². The second kappa shape index (κ2) is 35.6. The highest BCUT2D eigenvalue weighted by atomic mass is 35.5. The first-order valence-corrected chi connectivity index (χ1v) is 42.9. The minimum Gasteiger partial charge on any atom is -0.442 e. The van der Waals surface area contributed by atoms with E-state index in [9.17, 15) is 43.2 Å². The van der Waals surface area contributed by atoms with Crippen molar-refractivity contribution in [2.45, 2.75) is 199 Å². The number of nitrogen functional groups attached to an aromatic ring is 1. The highest BCUT2D eigenvalue weighted by molar-refractivity contribution is 6.28. The average molecular weight is 1720 g/mol. The number of anilines is 7. The van der Waals surface area contributed by atoms with Gasteiger partial charge in [0, 0.05) is 113 Å². The largest absolute Gasteiger partial charge is 0.442 e. The maximum Gasteiger partial charge on any atom is 0.437 e. The molecule has 0 radical (unpaired) electrons. The molecule has 6 aromatic heterocycles. The summed E-state index contributed by atoms with van der Waals surface area (Å²) in [5, 5.41) is 14.7. The number of fused-ring (bicyclic) bond motifs is 12. The summed E-state index contributed by atoms with van der Waals surface area (Å²) in [6.45, 7) is 23.3. The van der Waals surface area contributed by atoms with Crippen molar-refractivity contribution in [3.8, 4) is 0 Å². The predicted molar refractivity (Wildman–Crippen MR) is 462 cm³/mol. The standard InChI is InChI=1S/C29H35N7O5.C25H28N6O3.C23H30ClN5O5.C11H14N2O2/c1-28(2,3)41-27(39)36-22-17-20-18-30-26(32-23(20)35(22)29(25(38)33-36)11-5-4-6-12-29)31-21-9-7-19(8-10-21)24(37)34-13-15-40-16-14-34;32-22(30-10-12-34-13-11-30)17-4-6-19(7-5-17)28-24-27-15-18-14-20-16-26-23(33)25(8-2-1-3-9-25)31(20)21(18)29-24;1-21(2,3)33-19(31)28-15-12-14-13-25-18(24)26-16(14)27(15)23(10-8-7-9-11-23)17(30)29(28)20(32)34-22(4,5)6;12-10-3-1-9(2-4-10)11(14)13-5-7-15-8-6-13/h7-10,17-18H,4-6,11-16H2,1-3H3,(H,33,38)(H,30,31,32);4-7,14-15H,1-3,8-13,16H2,(H,26,33)(H,27,28,29);12-13H,7-11H2,1-6H3;1-4H,5-8,12H2. The number of carbonyl (C=O) groups is 9. The molecule has 12 heterocycles. The Morgan fingerprint density at radius 1 is 0.444 bits per heavy atom. The minimum absolute atomic E-state index is 0.0170. The molecule has 9 aromatic rings. The number of ether oxygens (including phenoxy) is 6. The van der Waals surface area contributed by atoms with E-state index in [1.54, 1.807) is 125 Å². The van der Waals surface area contributed by atoms with Gasteiger partial charge < -0.3 is 69.4 Å². The van der Waals surface area contributed by atoms with Crippen LogP contribution in [0.1, 0.15) is 195 Å². The van der Waals surface area contributed by atoms with Crippen LogP contribution in [0.5, 0.6) is 0 Å². The third-order valence-electron chi connectivity index (χ3n) is 23.2. The summed E-state index contributed by atoms with van der Waals surface area (Å²) in [7, 11) is 0. The van der Waals surface area contributed by atoms with Crippen LogP contribution in [-0.2, 0) is 66.0 Å². The molecule has 3 aliphatic carbocycles. The fraction of sp³-hybridized carbons (Fsp3) is 0.489. The third-order valence-corrected chi connectivity index (χ3v) is 23.4. The van der Waals surface area contributed by atoms with Gasteiger partial charge in [-0.2, -0.15) is 25.0 Å². The molecule has 0 atom stereocenters. The molecule has 18 rings (SSSR count). The van der Waals surface area contributed by atoms with Crippen molar-refractivity contribution in [3.05, 3.63) is 137 Å². The molecule has 0 bridgehead atoms. The average Bonchev–Trinajstić information content (AvgIpc) is 1.52. The number of halogens is 1. The Balaban J connectivity index is 0.000000133. The van der Waals surface area contributed by atoms with E-state index in [1.807, 2.05) is 58.1 Å². The number of benzene rings is 3. The lowest BCUT2D eigenvalue weighted by molar-refractivity contribution is -0.144. The van der Waals surface area contributed by atoms with Crippen LogP contribution in [0.4, 0.5) is 55.0 Å². The zero-order valence-electron chi connectivity index (χ0n) is 71.5. The van der Waals surface area contributed by atoms with Crippen molar-refractivity contribution in [3.63, 3.8) is 0 Å². The maximum atomic E-state index is 14.2. The number of morpholine rings is 3. The molecule has 3 spiro atoms. The monoisotopic (exact) mass is 1720 g/mol. The number of carbonyl (C=O) groups excluding carboxylic acids is 9. The molecule has 6 fully saturated rings. The van der Waals surface area contributed by atoms with Crippen LogP contribution in [-0.4, -0.2) is 213 Å².